The number of ether oxygens (including phenoxy) is 3. The summed E-state index contributed by atoms with van der Waals surface area (Å²) in [6, 6.07) is 23.2. The first-order valence-electron chi connectivity index (χ1n) is 24.4. The van der Waals surface area contributed by atoms with E-state index in [2.05, 4.69) is 56.0 Å². The highest BCUT2D eigenvalue weighted by atomic mass is 32.2. The van der Waals surface area contributed by atoms with Crippen molar-refractivity contribution in [3.8, 4) is 5.88 Å². The summed E-state index contributed by atoms with van der Waals surface area (Å²) in [7, 11) is -4.59. The molecule has 4 saturated heterocycles. The summed E-state index contributed by atoms with van der Waals surface area (Å²) in [4.78, 5) is 41.2. The van der Waals surface area contributed by atoms with Crippen LogP contribution in [0.15, 0.2) is 83.9 Å². The second-order valence-corrected chi connectivity index (χ2v) is 21.6. The number of carbonyl (C=O) groups is 1. The SMILES string of the molecule is Cc1ccccc1[C@@H]1CCCN1C1CC2(CCN(c3ccc(C(=O)NS(=O)(=O)c4ccc(NCC5CCOCC5)c([N+](=O)[O-])c4)c(N4C[C@@H]5COCC[C@H]5Oc5nc6[nH]ccc6cc54)c3)CC2)C1. The number of aromatic amines is 1. The molecule has 7 heterocycles. The number of aryl methyl sites for hydroxylation is 1. The number of H-pyrrole nitrogens is 1. The van der Waals surface area contributed by atoms with Gasteiger partial charge < -0.3 is 34.3 Å². The summed E-state index contributed by atoms with van der Waals surface area (Å²) >= 11 is 0. The molecule has 1 aliphatic carbocycles. The Morgan fingerprint density at radius 1 is 0.941 bits per heavy atom. The minimum Gasteiger partial charge on any atom is -0.472 e. The highest BCUT2D eigenvalue weighted by Crippen LogP contribution is 2.54. The molecule has 0 bridgehead atoms. The Labute approximate surface area is 396 Å². The predicted molar refractivity (Wildman–Crippen MR) is 259 cm³/mol. The molecule has 1 spiro atoms. The molecule has 3 atom stereocenters. The molecular weight excluding hydrogens is 885 g/mol. The molecule has 17 heteroatoms. The molecule has 6 aliphatic rings. The lowest BCUT2D eigenvalue weighted by Gasteiger charge is -2.56. The Morgan fingerprint density at radius 2 is 1.75 bits per heavy atom. The van der Waals surface area contributed by atoms with Crippen LogP contribution in [0.1, 0.15) is 85.3 Å². The monoisotopic (exact) mass is 944 g/mol. The maximum Gasteiger partial charge on any atom is 0.293 e. The topological polar surface area (TPSA) is 184 Å². The molecule has 1 amide bonds. The number of likely N-dealkylation sites (tertiary alicyclic amines) is 1. The largest absolute Gasteiger partial charge is 0.472 e. The van der Waals surface area contributed by atoms with Crippen molar-refractivity contribution < 1.29 is 32.3 Å². The lowest BCUT2D eigenvalue weighted by atomic mass is 9.59. The van der Waals surface area contributed by atoms with Crippen LogP contribution in [0, 0.1) is 34.3 Å². The molecule has 2 aromatic heterocycles. The molecule has 1 saturated carbocycles. The van der Waals surface area contributed by atoms with E-state index in [-0.39, 0.29) is 29.2 Å². The lowest BCUT2D eigenvalue weighted by molar-refractivity contribution is -0.384. The number of aromatic nitrogens is 2. The third-order valence-corrected chi connectivity index (χ3v) is 17.2. The number of sulfonamides is 1. The van der Waals surface area contributed by atoms with Crippen molar-refractivity contribution in [3.63, 3.8) is 0 Å². The summed E-state index contributed by atoms with van der Waals surface area (Å²) in [5, 5.41) is 16.3. The van der Waals surface area contributed by atoms with Crippen LogP contribution in [0.25, 0.3) is 11.0 Å². The highest BCUT2D eigenvalue weighted by Gasteiger charge is 2.50. The molecule has 5 aliphatic heterocycles. The Balaban J connectivity index is 0.879. The van der Waals surface area contributed by atoms with Gasteiger partial charge in [0.2, 0.25) is 5.88 Å². The van der Waals surface area contributed by atoms with Gasteiger partial charge in [0.1, 0.15) is 23.1 Å². The maximum absolute atomic E-state index is 14.6. The number of amides is 1. The fourth-order valence-electron chi connectivity index (χ4n) is 11.9. The molecule has 3 N–H and O–H groups in total. The molecule has 0 unspecified atom stereocenters. The van der Waals surface area contributed by atoms with Crippen LogP contribution in [-0.4, -0.2) is 105 Å². The zero-order valence-corrected chi connectivity index (χ0v) is 39.3. The fraction of sp³-hybridized carbons (Fsp3) is 0.490. The molecule has 16 nitrogen and oxygen atoms in total. The van der Waals surface area contributed by atoms with E-state index in [9.17, 15) is 23.3 Å². The average molecular weight is 945 g/mol. The van der Waals surface area contributed by atoms with E-state index in [1.807, 2.05) is 35.4 Å². The summed E-state index contributed by atoms with van der Waals surface area (Å²) in [5.41, 5.74) is 5.85. The van der Waals surface area contributed by atoms with Crippen LogP contribution in [0.3, 0.4) is 0 Å². The summed E-state index contributed by atoms with van der Waals surface area (Å²) in [6.45, 7) is 8.27. The van der Waals surface area contributed by atoms with Gasteiger partial charge in [0.05, 0.1) is 34.3 Å². The van der Waals surface area contributed by atoms with E-state index < -0.39 is 31.4 Å². The molecule has 5 aromatic rings. The normalized spacial score (nSPS) is 23.3. The van der Waals surface area contributed by atoms with Gasteiger partial charge >= 0.3 is 0 Å². The zero-order chi connectivity index (χ0) is 46.6. The van der Waals surface area contributed by atoms with E-state index in [0.29, 0.717) is 86.3 Å². The number of nitrogens with one attached hydrogen (secondary N) is 3. The molecule has 0 radical (unpaired) electrons. The van der Waals surface area contributed by atoms with Gasteiger partial charge in [-0.25, -0.2) is 13.1 Å². The first kappa shape index (κ1) is 44.7. The summed E-state index contributed by atoms with van der Waals surface area (Å²) in [6.07, 6.45) is 10.9. The third-order valence-electron chi connectivity index (χ3n) is 15.8. The van der Waals surface area contributed by atoms with Crippen molar-refractivity contribution in [3.05, 3.63) is 106 Å². The Kier molecular flexibility index (Phi) is 12.0. The van der Waals surface area contributed by atoms with Crippen LogP contribution >= 0.6 is 0 Å². The number of nitro benzene ring substituents is 1. The number of nitrogens with zero attached hydrogens (tertiary/aromatic N) is 5. The number of benzene rings is 3. The van der Waals surface area contributed by atoms with Crippen molar-refractivity contribution in [1.82, 2.24) is 19.6 Å². The highest BCUT2D eigenvalue weighted by molar-refractivity contribution is 7.90. The number of carbonyl (C=O) groups excluding carboxylic acids is 1. The van der Waals surface area contributed by atoms with E-state index >= 15 is 0 Å². The summed E-state index contributed by atoms with van der Waals surface area (Å²) in [5.74, 6) is -0.255. The Bertz CT molecular complexity index is 2820. The number of hydrogen-bond acceptors (Lipinski definition) is 13. The quantitative estimate of drug-likeness (QED) is 0.0851. The van der Waals surface area contributed by atoms with E-state index in [0.717, 1.165) is 62.5 Å². The molecule has 5 fully saturated rings. The van der Waals surface area contributed by atoms with Crippen LogP contribution in [0.2, 0.25) is 0 Å². The van der Waals surface area contributed by atoms with Gasteiger partial charge in [-0.2, -0.15) is 4.98 Å². The summed E-state index contributed by atoms with van der Waals surface area (Å²) < 4.78 is 48.6. The second kappa shape index (κ2) is 18.3. The Morgan fingerprint density at radius 3 is 2.56 bits per heavy atom. The van der Waals surface area contributed by atoms with E-state index in [1.165, 1.54) is 48.9 Å². The second-order valence-electron chi connectivity index (χ2n) is 19.9. The number of fused-ring (bicyclic) bond motifs is 3. The van der Waals surface area contributed by atoms with Gasteiger partial charge in [0.15, 0.2) is 0 Å². The maximum atomic E-state index is 14.6. The van der Waals surface area contributed by atoms with Crippen molar-refractivity contribution >= 4 is 55.4 Å². The fourth-order valence-corrected chi connectivity index (χ4v) is 12.9. The van der Waals surface area contributed by atoms with Crippen LogP contribution < -0.4 is 24.6 Å². The molecule has 3 aromatic carbocycles. The average Bonchev–Trinajstić information content (AvgIpc) is 3.98. The minimum absolute atomic E-state index is 0.0823. The first-order chi connectivity index (χ1) is 33.0. The zero-order valence-electron chi connectivity index (χ0n) is 38.5. The van der Waals surface area contributed by atoms with Crippen LogP contribution in [-0.2, 0) is 19.5 Å². The third kappa shape index (κ3) is 8.66. The van der Waals surface area contributed by atoms with Crippen molar-refractivity contribution in [2.75, 3.05) is 74.3 Å². The molecule has 358 valence electrons. The van der Waals surface area contributed by atoms with Gasteiger partial charge in [-0.15, -0.1) is 0 Å². The number of nitro groups is 1. The number of anilines is 4. The molecule has 11 rings (SSSR count). The number of piperidine rings is 1. The minimum atomic E-state index is -4.59. The van der Waals surface area contributed by atoms with Gasteiger partial charge in [0, 0.05) is 87.2 Å². The van der Waals surface area contributed by atoms with Crippen molar-refractivity contribution in [1.29, 1.82) is 0 Å². The van der Waals surface area contributed by atoms with Gasteiger partial charge in [-0.3, -0.25) is 19.8 Å². The standard InChI is InChI=1S/C51H60N8O8S/c1-33-5-2-3-6-40(33)43-7-4-19-57(43)38-28-51(29-38)16-20-56(21-17-51)37-8-10-41(44(26-37)58-31-36-32-66-24-15-47(36)67-50-46(58)25-35-12-18-52-48(35)54-50)49(60)55-68(63,64)39-9-11-42(45(27-39)59(61)62)53-30-34-13-22-65-23-14-34/h2-3,5-6,8-12,18,25-27,34,36,38,43,47,53H,4,7,13-17,19-24,28-32H2,1H3,(H,52,54)(H,55,60)/t36-,43+,47-/m1/s1. The van der Waals surface area contributed by atoms with Gasteiger partial charge in [-0.1, -0.05) is 24.3 Å². The predicted octanol–water partition coefficient (Wildman–Crippen LogP) is 8.26. The lowest BCUT2D eigenvalue weighted by Crippen LogP contribution is -2.54. The van der Waals surface area contributed by atoms with E-state index in [4.69, 9.17) is 19.2 Å². The number of pyridine rings is 1. The smallest absolute Gasteiger partial charge is 0.293 e. The van der Waals surface area contributed by atoms with Gasteiger partial charge in [0.25, 0.3) is 21.6 Å². The number of hydrogen-bond donors (Lipinski definition) is 3. The molecule has 68 heavy (non-hydrogen) atoms. The van der Waals surface area contributed by atoms with Crippen LogP contribution in [0.5, 0.6) is 5.88 Å². The number of rotatable bonds is 11. The van der Waals surface area contributed by atoms with E-state index in [1.54, 1.807) is 6.07 Å². The molecular formula is C51H60N8O8S. The first-order valence-corrected chi connectivity index (χ1v) is 25.9. The van der Waals surface area contributed by atoms with Gasteiger partial charge in [-0.05, 0) is 130 Å². The van der Waals surface area contributed by atoms with Crippen LogP contribution in [0.4, 0.5) is 28.4 Å². The van der Waals surface area contributed by atoms with Crippen molar-refractivity contribution in [2.24, 2.45) is 17.3 Å². The van der Waals surface area contributed by atoms with Crippen molar-refractivity contribution in [2.45, 2.75) is 87.8 Å². The Hall–Kier alpha value is -5.75.